The zero-order valence-corrected chi connectivity index (χ0v) is 22.0. The van der Waals surface area contributed by atoms with Crippen LogP contribution in [0.15, 0.2) is 34.3 Å². The number of nitrogens with one attached hydrogen (secondary N) is 2. The molecule has 186 valence electrons. The predicted molar refractivity (Wildman–Crippen MR) is 134 cm³/mol. The van der Waals surface area contributed by atoms with Crippen molar-refractivity contribution in [1.82, 2.24) is 25.0 Å². The van der Waals surface area contributed by atoms with E-state index in [1.54, 1.807) is 17.7 Å². The van der Waals surface area contributed by atoms with Crippen molar-refractivity contribution in [3.05, 3.63) is 67.5 Å². The topological polar surface area (TPSA) is 106 Å². The standard InChI is InChI=1S/C22H22Cl2FN5O3S2/c1-12-8-15(23)6-5-14(12)10-18-20-16(4-3-7-30(20)29-27-18)17(25)11-26-22(31)28-35(32,33)19-9-13(2)21(24)34-19/h5-6,8-9H,3-4,7,10-11H2,1-2H3,(H2,26,28,31). The molecular formula is C22H22Cl2FN5O3S2. The van der Waals surface area contributed by atoms with Gasteiger partial charge in [0.25, 0.3) is 10.0 Å². The van der Waals surface area contributed by atoms with Gasteiger partial charge in [-0.05, 0) is 61.6 Å². The highest BCUT2D eigenvalue weighted by molar-refractivity contribution is 7.92. The Balaban J connectivity index is 1.50. The summed E-state index contributed by atoms with van der Waals surface area (Å²) in [5.41, 5.74) is 4.17. The first-order valence-electron chi connectivity index (χ1n) is 10.7. The van der Waals surface area contributed by atoms with Crippen molar-refractivity contribution in [1.29, 1.82) is 0 Å². The third-order valence-corrected chi connectivity index (χ3v) is 9.20. The molecule has 0 saturated heterocycles. The summed E-state index contributed by atoms with van der Waals surface area (Å²) in [6, 6.07) is 5.87. The Kier molecular flexibility index (Phi) is 7.51. The second-order valence-corrected chi connectivity index (χ2v) is 12.2. The van der Waals surface area contributed by atoms with Gasteiger partial charge >= 0.3 is 6.03 Å². The van der Waals surface area contributed by atoms with E-state index in [-0.39, 0.29) is 4.21 Å². The van der Waals surface area contributed by atoms with Crippen molar-refractivity contribution in [2.24, 2.45) is 0 Å². The first kappa shape index (κ1) is 25.6. The van der Waals surface area contributed by atoms with Gasteiger partial charge in [0.2, 0.25) is 0 Å². The lowest BCUT2D eigenvalue weighted by Crippen LogP contribution is -2.39. The minimum atomic E-state index is -4.12. The fourth-order valence-corrected chi connectivity index (χ4v) is 6.68. The van der Waals surface area contributed by atoms with Gasteiger partial charge in [-0.15, -0.1) is 16.4 Å². The maximum Gasteiger partial charge on any atom is 0.329 e. The number of allylic oxidation sites excluding steroid dienone is 1. The van der Waals surface area contributed by atoms with Crippen molar-refractivity contribution < 1.29 is 17.6 Å². The smallest absolute Gasteiger partial charge is 0.329 e. The third kappa shape index (κ3) is 5.69. The number of carbonyl (C=O) groups excluding carboxylic acids is 1. The number of urea groups is 1. The zero-order chi connectivity index (χ0) is 25.3. The van der Waals surface area contributed by atoms with Gasteiger partial charge < -0.3 is 5.32 Å². The van der Waals surface area contributed by atoms with E-state index in [4.69, 9.17) is 23.2 Å². The van der Waals surface area contributed by atoms with Gasteiger partial charge in [0, 0.05) is 23.6 Å². The number of hydrogen-bond donors (Lipinski definition) is 2. The van der Waals surface area contributed by atoms with E-state index in [1.165, 1.54) is 6.07 Å². The molecule has 3 heterocycles. The Labute approximate surface area is 216 Å². The van der Waals surface area contributed by atoms with Gasteiger partial charge in [0.15, 0.2) is 0 Å². The van der Waals surface area contributed by atoms with Gasteiger partial charge in [-0.25, -0.2) is 27.0 Å². The highest BCUT2D eigenvalue weighted by atomic mass is 35.5. The van der Waals surface area contributed by atoms with Crippen LogP contribution in [0.2, 0.25) is 9.36 Å². The van der Waals surface area contributed by atoms with Crippen molar-refractivity contribution in [2.75, 3.05) is 6.54 Å². The number of fused-ring (bicyclic) bond motifs is 1. The molecule has 35 heavy (non-hydrogen) atoms. The molecule has 13 heteroatoms. The minimum Gasteiger partial charge on any atom is -0.331 e. The Bertz CT molecular complexity index is 1410. The van der Waals surface area contributed by atoms with Crippen LogP contribution in [0.1, 0.15) is 40.9 Å². The van der Waals surface area contributed by atoms with Crippen LogP contribution in [0.5, 0.6) is 0 Å². The number of halogens is 3. The average Bonchev–Trinajstić information content (AvgIpc) is 3.37. The summed E-state index contributed by atoms with van der Waals surface area (Å²) in [7, 11) is -4.12. The van der Waals surface area contributed by atoms with Crippen LogP contribution in [0.25, 0.3) is 5.57 Å². The van der Waals surface area contributed by atoms with E-state index in [0.717, 1.165) is 22.5 Å². The molecule has 0 spiro atoms. The number of hydrogen-bond acceptors (Lipinski definition) is 6. The third-order valence-electron chi connectivity index (χ3n) is 5.61. The van der Waals surface area contributed by atoms with Crippen molar-refractivity contribution in [3.63, 3.8) is 0 Å². The van der Waals surface area contributed by atoms with Crippen LogP contribution < -0.4 is 10.0 Å². The van der Waals surface area contributed by atoms with Crippen LogP contribution >= 0.6 is 34.5 Å². The molecule has 3 aromatic rings. The summed E-state index contributed by atoms with van der Waals surface area (Å²) in [5.74, 6) is -0.579. The van der Waals surface area contributed by atoms with E-state index in [1.807, 2.05) is 23.8 Å². The summed E-state index contributed by atoms with van der Waals surface area (Å²) < 4.78 is 43.8. The van der Waals surface area contributed by atoms with Crippen molar-refractivity contribution in [2.45, 2.75) is 43.9 Å². The molecule has 0 aliphatic carbocycles. The number of sulfonamides is 1. The van der Waals surface area contributed by atoms with Crippen LogP contribution in [0.3, 0.4) is 0 Å². The number of amides is 2. The lowest BCUT2D eigenvalue weighted by molar-refractivity contribution is 0.246. The number of nitrogens with zero attached hydrogens (tertiary/aromatic N) is 3. The normalized spacial score (nSPS) is 15.0. The van der Waals surface area contributed by atoms with Gasteiger partial charge in [-0.3, -0.25) is 0 Å². The summed E-state index contributed by atoms with van der Waals surface area (Å²) in [6.45, 7) is 3.72. The summed E-state index contributed by atoms with van der Waals surface area (Å²) in [5, 5.41) is 11.3. The first-order valence-corrected chi connectivity index (χ1v) is 13.7. The number of thiophene rings is 1. The first-order chi connectivity index (χ1) is 16.5. The SMILES string of the molecule is Cc1cc(Cl)ccc1Cc1nnn2c1C(=C(F)CNC(=O)NS(=O)(=O)c1cc(C)c(Cl)s1)CCC2. The minimum absolute atomic E-state index is 0.0987. The van der Waals surface area contributed by atoms with Crippen molar-refractivity contribution >= 4 is 56.2 Å². The highest BCUT2D eigenvalue weighted by Crippen LogP contribution is 2.33. The quantitative estimate of drug-likeness (QED) is 0.442. The Morgan fingerprint density at radius 3 is 2.69 bits per heavy atom. The lowest BCUT2D eigenvalue weighted by Gasteiger charge is -2.19. The molecule has 0 radical (unpaired) electrons. The number of benzene rings is 1. The van der Waals surface area contributed by atoms with E-state index in [0.29, 0.717) is 57.7 Å². The maximum absolute atomic E-state index is 15.3. The number of carbonyl (C=O) groups is 1. The van der Waals surface area contributed by atoms with Crippen LogP contribution in [-0.2, 0) is 23.0 Å². The molecular weight excluding hydrogens is 536 g/mol. The molecule has 1 aliphatic rings. The lowest BCUT2D eigenvalue weighted by atomic mass is 9.96. The molecule has 1 aliphatic heterocycles. The van der Waals surface area contributed by atoms with E-state index < -0.39 is 28.4 Å². The van der Waals surface area contributed by atoms with E-state index in [2.05, 4.69) is 15.6 Å². The summed E-state index contributed by atoms with van der Waals surface area (Å²) in [4.78, 5) is 12.2. The fraction of sp³-hybridized carbons (Fsp3) is 0.318. The maximum atomic E-state index is 15.3. The van der Waals surface area contributed by atoms with Crippen molar-refractivity contribution in [3.8, 4) is 0 Å². The average molecular weight is 558 g/mol. The van der Waals surface area contributed by atoms with Gasteiger partial charge in [-0.1, -0.05) is 34.5 Å². The monoisotopic (exact) mass is 557 g/mol. The molecule has 0 fully saturated rings. The summed E-state index contributed by atoms with van der Waals surface area (Å²) >= 11 is 12.8. The van der Waals surface area contributed by atoms with Gasteiger partial charge in [-0.2, -0.15) is 0 Å². The number of rotatable bonds is 6. The molecule has 8 nitrogen and oxygen atoms in total. The molecule has 0 atom stereocenters. The predicted octanol–water partition coefficient (Wildman–Crippen LogP) is 5.02. The second kappa shape index (κ2) is 10.3. The van der Waals surface area contributed by atoms with E-state index in [9.17, 15) is 13.2 Å². The van der Waals surface area contributed by atoms with Gasteiger partial charge in [0.1, 0.15) is 10.0 Å². The van der Waals surface area contributed by atoms with E-state index >= 15 is 4.39 Å². The Hall–Kier alpha value is -2.47. The molecule has 0 unspecified atom stereocenters. The summed E-state index contributed by atoms with van der Waals surface area (Å²) in [6.07, 6.45) is 1.56. The second-order valence-electron chi connectivity index (χ2n) is 8.15. The molecule has 2 aromatic heterocycles. The highest BCUT2D eigenvalue weighted by Gasteiger charge is 2.26. The van der Waals surface area contributed by atoms with Crippen LogP contribution in [-0.4, -0.2) is 36.0 Å². The Morgan fingerprint density at radius 1 is 1.23 bits per heavy atom. The number of aryl methyl sites for hydroxylation is 3. The molecule has 2 amide bonds. The molecule has 0 bridgehead atoms. The van der Waals surface area contributed by atoms with Crippen LogP contribution in [0, 0.1) is 13.8 Å². The van der Waals surface area contributed by atoms with Crippen LogP contribution in [0.4, 0.5) is 9.18 Å². The zero-order valence-electron chi connectivity index (χ0n) is 18.9. The molecule has 0 saturated carbocycles. The molecule has 1 aromatic carbocycles. The van der Waals surface area contributed by atoms with Gasteiger partial charge in [0.05, 0.1) is 22.3 Å². The number of aromatic nitrogens is 3. The molecule has 4 rings (SSSR count). The Morgan fingerprint density at radius 2 is 2.00 bits per heavy atom. The largest absolute Gasteiger partial charge is 0.331 e. The molecule has 2 N–H and O–H groups in total. The fourth-order valence-electron chi connectivity index (χ4n) is 3.82.